The van der Waals surface area contributed by atoms with Gasteiger partial charge >= 0.3 is 0 Å². The van der Waals surface area contributed by atoms with Gasteiger partial charge in [-0.3, -0.25) is 42.3 Å². The van der Waals surface area contributed by atoms with Crippen molar-refractivity contribution in [2.45, 2.75) is 13.8 Å². The van der Waals surface area contributed by atoms with Crippen molar-refractivity contribution in [2.75, 3.05) is 98.7 Å². The van der Waals surface area contributed by atoms with Crippen LogP contribution >= 0.6 is 34.0 Å². The molecule has 3 saturated heterocycles. The molecule has 3 aliphatic rings. The predicted molar refractivity (Wildman–Crippen MR) is 400 cm³/mol. The first-order chi connectivity index (χ1) is 49.2. The normalized spacial score (nSPS) is 14.3. The second kappa shape index (κ2) is 31.9. The first-order valence-electron chi connectivity index (χ1n) is 33.8. The van der Waals surface area contributed by atoms with E-state index in [4.69, 9.17) is 14.2 Å². The Kier molecular flexibility index (Phi) is 22.0. The number of fused-ring (bicyclic) bond motifs is 3. The SMILES string of the molecule is Cc1ccc(C(=O)c2sc3cc(O)ccc3c2-c2ccc(OCCN3CC(CF)C3)cc2)cc1.Cc1ccccc1C(=O)c1sc2cc(O)ccc2c1-c1ccc(OCCN2CC(CF)C2)cc1.O=C(c1ccccc1)c1sc2cc(O)ccc2c1-c1ccc(OCCN2CC(CF)C2)cc1. The summed E-state index contributed by atoms with van der Waals surface area (Å²) in [5, 5.41) is 32.7. The van der Waals surface area contributed by atoms with Gasteiger partial charge in [-0.25, -0.2) is 0 Å². The molecular formula is C83H76F3N3O9S3. The largest absolute Gasteiger partial charge is 0.508 e. The lowest BCUT2D eigenvalue weighted by atomic mass is 9.96. The van der Waals surface area contributed by atoms with Crippen molar-refractivity contribution < 1.29 is 57.1 Å². The fourth-order valence-electron chi connectivity index (χ4n) is 13.0. The molecule has 101 heavy (non-hydrogen) atoms. The highest BCUT2D eigenvalue weighted by atomic mass is 32.1. The van der Waals surface area contributed by atoms with Crippen molar-refractivity contribution in [3.8, 4) is 67.9 Å². The first kappa shape index (κ1) is 69.8. The number of thiophene rings is 3. The van der Waals surface area contributed by atoms with Gasteiger partial charge in [0.1, 0.15) is 54.3 Å². The number of aromatic hydroxyl groups is 3. The summed E-state index contributed by atoms with van der Waals surface area (Å²) in [6.45, 7) is 12.0. The maximum Gasteiger partial charge on any atom is 0.203 e. The average molecular weight is 1410 g/mol. The number of likely N-dealkylation sites (tertiary alicyclic amines) is 3. The molecule has 0 amide bonds. The second-order valence-electron chi connectivity index (χ2n) is 26.0. The molecule has 0 unspecified atom stereocenters. The highest BCUT2D eigenvalue weighted by molar-refractivity contribution is 7.22. The maximum absolute atomic E-state index is 13.6. The quantitative estimate of drug-likeness (QED) is 0.0494. The lowest BCUT2D eigenvalue weighted by Crippen LogP contribution is -2.49. The molecule has 9 aromatic carbocycles. The molecule has 3 fully saturated rings. The summed E-state index contributed by atoms with van der Waals surface area (Å²) in [6.07, 6.45) is 0. The van der Waals surface area contributed by atoms with Gasteiger partial charge in [0.05, 0.1) is 34.7 Å². The van der Waals surface area contributed by atoms with Crippen LogP contribution in [0.25, 0.3) is 63.6 Å². The van der Waals surface area contributed by atoms with E-state index in [1.807, 2.05) is 184 Å². The van der Waals surface area contributed by atoms with Crippen LogP contribution in [0.15, 0.2) is 206 Å². The molecule has 12 aromatic rings. The lowest BCUT2D eigenvalue weighted by Gasteiger charge is -2.37. The molecule has 3 aromatic heterocycles. The monoisotopic (exact) mass is 1410 g/mol. The van der Waals surface area contributed by atoms with Crippen LogP contribution in [0.1, 0.15) is 56.8 Å². The van der Waals surface area contributed by atoms with Gasteiger partial charge in [-0.2, -0.15) is 0 Å². The highest BCUT2D eigenvalue weighted by Gasteiger charge is 2.30. The Morgan fingerprint density at radius 2 is 0.723 bits per heavy atom. The van der Waals surface area contributed by atoms with E-state index in [2.05, 4.69) is 14.7 Å². The lowest BCUT2D eigenvalue weighted by molar-refractivity contribution is 0.0668. The Labute approximate surface area is 596 Å². The number of rotatable bonds is 24. The molecule has 0 saturated carbocycles. The maximum atomic E-state index is 13.6. The molecule has 3 aliphatic heterocycles. The van der Waals surface area contributed by atoms with Gasteiger partial charge in [0.15, 0.2) is 0 Å². The topological polar surface area (TPSA) is 149 Å². The van der Waals surface area contributed by atoms with E-state index in [1.54, 1.807) is 36.4 Å². The van der Waals surface area contributed by atoms with E-state index in [0.717, 1.165) is 151 Å². The second-order valence-corrected chi connectivity index (χ2v) is 29.1. The van der Waals surface area contributed by atoms with E-state index in [1.165, 1.54) is 34.0 Å². The van der Waals surface area contributed by atoms with Crippen LogP contribution in [0.4, 0.5) is 13.2 Å². The van der Waals surface area contributed by atoms with Gasteiger partial charge in [0.25, 0.3) is 0 Å². The number of carbonyl (C=O) groups is 3. The number of ether oxygens (including phenoxy) is 3. The van der Waals surface area contributed by atoms with E-state index < -0.39 is 0 Å². The number of hydrogen-bond acceptors (Lipinski definition) is 15. The Hall–Kier alpha value is -9.66. The number of phenols is 3. The zero-order valence-corrected chi connectivity index (χ0v) is 58.4. The summed E-state index contributed by atoms with van der Waals surface area (Å²) in [4.78, 5) is 48.9. The minimum Gasteiger partial charge on any atom is -0.508 e. The number of carbonyl (C=O) groups excluding carboxylic acids is 3. The van der Waals surface area contributed by atoms with Crippen molar-refractivity contribution in [3.63, 3.8) is 0 Å². The van der Waals surface area contributed by atoms with Crippen LogP contribution in [-0.4, -0.2) is 146 Å². The van der Waals surface area contributed by atoms with Gasteiger partial charge < -0.3 is 29.5 Å². The van der Waals surface area contributed by atoms with Crippen molar-refractivity contribution in [3.05, 3.63) is 249 Å². The summed E-state index contributed by atoms with van der Waals surface area (Å²) in [5.41, 5.74) is 9.38. The standard InChI is InChI=1S/2C28H26FNO3S.C27H24FNO3S/c1-18-2-4-21(5-3-18)27(32)28-26(24-11-8-22(31)14-25(24)34-28)20-6-9-23(10-7-20)33-13-12-30-16-19(15-29)17-30;1-18-4-2-3-5-23(18)27(32)28-26(24-11-8-21(31)14-25(24)34-28)20-6-9-22(10-7-20)33-13-12-30-16-19(15-29)17-30;28-15-18-16-29(17-18)12-13-32-22-9-6-19(7-10-22)25-23-11-8-21(30)14-24(23)33-27(25)26(31)20-4-2-1-3-5-20/h2*2-11,14,19,31H,12-13,15-17H2,1H3;1-11,14,18,30H,12-13,15-17H2. The molecule has 0 aliphatic carbocycles. The molecule has 6 heterocycles. The number of benzene rings is 9. The molecule has 0 spiro atoms. The number of nitrogens with zero attached hydrogens (tertiary/aromatic N) is 3. The van der Waals surface area contributed by atoms with Crippen molar-refractivity contribution >= 4 is 81.6 Å². The zero-order chi connectivity index (χ0) is 70.1. The van der Waals surface area contributed by atoms with E-state index >= 15 is 0 Å². The van der Waals surface area contributed by atoms with Gasteiger partial charge in [0.2, 0.25) is 17.3 Å². The number of phenolic OH excluding ortho intramolecular Hbond substituents is 3. The Bertz CT molecular complexity index is 4870. The Morgan fingerprint density at radius 3 is 1.07 bits per heavy atom. The van der Waals surface area contributed by atoms with Crippen LogP contribution in [-0.2, 0) is 0 Å². The third-order valence-electron chi connectivity index (χ3n) is 18.6. The molecule has 516 valence electrons. The van der Waals surface area contributed by atoms with E-state index in [9.17, 15) is 42.9 Å². The van der Waals surface area contributed by atoms with Gasteiger partial charge in [-0.05, 0) is 127 Å². The molecule has 3 N–H and O–H groups in total. The van der Waals surface area contributed by atoms with Crippen molar-refractivity contribution in [1.29, 1.82) is 0 Å². The molecule has 15 rings (SSSR count). The predicted octanol–water partition coefficient (Wildman–Crippen LogP) is 18.0. The number of aryl methyl sites for hydroxylation is 2. The van der Waals surface area contributed by atoms with Crippen LogP contribution in [0.3, 0.4) is 0 Å². The van der Waals surface area contributed by atoms with Gasteiger partial charge in [-0.15, -0.1) is 34.0 Å². The molecule has 0 radical (unpaired) electrons. The third kappa shape index (κ3) is 16.2. The van der Waals surface area contributed by atoms with Crippen LogP contribution < -0.4 is 14.2 Å². The summed E-state index contributed by atoms with van der Waals surface area (Å²) in [6, 6.07) is 63.4. The van der Waals surface area contributed by atoms with E-state index in [-0.39, 0.29) is 72.4 Å². The van der Waals surface area contributed by atoms with Crippen molar-refractivity contribution in [1.82, 2.24) is 14.7 Å². The smallest absolute Gasteiger partial charge is 0.203 e. The molecule has 18 heteroatoms. The van der Waals surface area contributed by atoms with Crippen LogP contribution in [0.5, 0.6) is 34.5 Å². The third-order valence-corrected chi connectivity index (χ3v) is 22.0. The fourth-order valence-corrected chi connectivity index (χ4v) is 16.7. The average Bonchev–Trinajstić information content (AvgIpc) is 1.64. The molecule has 0 atom stereocenters. The summed E-state index contributed by atoms with van der Waals surface area (Å²) in [7, 11) is 0. The van der Waals surface area contributed by atoms with Crippen LogP contribution in [0, 0.1) is 31.6 Å². The highest BCUT2D eigenvalue weighted by Crippen LogP contribution is 2.45. The van der Waals surface area contributed by atoms with E-state index in [0.29, 0.717) is 51.1 Å². The Balaban J connectivity index is 0.000000135. The number of hydrogen-bond donors (Lipinski definition) is 3. The minimum atomic E-state index is -0.246. The summed E-state index contributed by atoms with van der Waals surface area (Å²) in [5.74, 6) is 3.27. The van der Waals surface area contributed by atoms with Gasteiger partial charge in [0, 0.05) is 140 Å². The summed E-state index contributed by atoms with van der Waals surface area (Å²) < 4.78 is 57.9. The molecular weight excluding hydrogens is 1340 g/mol. The number of alkyl halides is 3. The summed E-state index contributed by atoms with van der Waals surface area (Å²) >= 11 is 4.20. The molecule has 12 nitrogen and oxygen atoms in total. The number of ketones is 3. The Morgan fingerprint density at radius 1 is 0.396 bits per heavy atom. The van der Waals surface area contributed by atoms with Crippen LogP contribution in [0.2, 0.25) is 0 Å². The fraction of sp³-hybridized carbons (Fsp3) is 0.241. The zero-order valence-electron chi connectivity index (χ0n) is 56.0. The molecule has 0 bridgehead atoms. The number of halogens is 3. The first-order valence-corrected chi connectivity index (χ1v) is 36.2. The van der Waals surface area contributed by atoms with Gasteiger partial charge in [-0.1, -0.05) is 121 Å². The van der Waals surface area contributed by atoms with Crippen molar-refractivity contribution in [2.24, 2.45) is 17.8 Å². The minimum absolute atomic E-state index is 0.0183.